The Labute approximate surface area is 97.2 Å². The molecule has 0 saturated heterocycles. The van der Waals surface area contributed by atoms with Crippen molar-refractivity contribution in [2.75, 3.05) is 27.4 Å². The first-order valence-corrected chi connectivity index (χ1v) is 5.79. The quantitative estimate of drug-likeness (QED) is 0.719. The fourth-order valence-corrected chi connectivity index (χ4v) is 1.78. The van der Waals surface area contributed by atoms with E-state index in [0.29, 0.717) is 6.61 Å². The molecule has 2 atom stereocenters. The molecule has 0 saturated carbocycles. The van der Waals surface area contributed by atoms with Crippen LogP contribution < -0.4 is 0 Å². The maximum atomic E-state index is 9.81. The molecule has 0 aromatic heterocycles. The lowest BCUT2D eigenvalue weighted by atomic mass is 10.1. The third-order valence-electron chi connectivity index (χ3n) is 2.65. The summed E-state index contributed by atoms with van der Waals surface area (Å²) in [6, 6.07) is 0. The van der Waals surface area contributed by atoms with Crippen LogP contribution in [0.25, 0.3) is 0 Å². The average molecular weight is 230 g/mol. The number of aliphatic hydroxyl groups is 1. The van der Waals surface area contributed by atoms with Crippen LogP contribution in [0.5, 0.6) is 0 Å². The molecule has 1 N–H and O–H groups in total. The van der Waals surface area contributed by atoms with Gasteiger partial charge in [0.1, 0.15) is 12.2 Å². The highest BCUT2D eigenvalue weighted by Gasteiger charge is 2.22. The molecule has 4 heteroatoms. The molecule has 0 aromatic carbocycles. The maximum absolute atomic E-state index is 9.81. The molecule has 0 fully saturated rings. The van der Waals surface area contributed by atoms with E-state index in [-0.39, 0.29) is 12.7 Å². The van der Waals surface area contributed by atoms with E-state index in [1.54, 1.807) is 14.2 Å². The van der Waals surface area contributed by atoms with Crippen LogP contribution in [0.3, 0.4) is 0 Å². The number of hydrogen-bond donors (Lipinski definition) is 1. The smallest absolute Gasteiger partial charge is 0.149 e. The molecule has 0 aromatic rings. The zero-order valence-electron chi connectivity index (χ0n) is 10.1. The van der Waals surface area contributed by atoms with Gasteiger partial charge in [-0.05, 0) is 25.3 Å². The van der Waals surface area contributed by atoms with Gasteiger partial charge in [-0.2, -0.15) is 0 Å². The van der Waals surface area contributed by atoms with Crippen LogP contribution in [0.1, 0.15) is 25.7 Å². The summed E-state index contributed by atoms with van der Waals surface area (Å²) in [6.45, 7) is 0.642. The Hall–Kier alpha value is -0.580. The molecule has 1 aliphatic carbocycles. The molecule has 0 aliphatic heterocycles. The van der Waals surface area contributed by atoms with Crippen LogP contribution in [0.15, 0.2) is 11.8 Å². The molecule has 0 unspecified atom stereocenters. The van der Waals surface area contributed by atoms with Crippen molar-refractivity contribution in [1.29, 1.82) is 0 Å². The van der Waals surface area contributed by atoms with Crippen molar-refractivity contribution in [2.24, 2.45) is 0 Å². The van der Waals surface area contributed by atoms with E-state index in [1.165, 1.54) is 6.42 Å². The van der Waals surface area contributed by atoms with Crippen molar-refractivity contribution >= 4 is 0 Å². The number of methoxy groups -OCH3 is 2. The fourth-order valence-electron chi connectivity index (χ4n) is 1.78. The summed E-state index contributed by atoms with van der Waals surface area (Å²) < 4.78 is 15.7. The third-order valence-corrected chi connectivity index (χ3v) is 2.65. The zero-order chi connectivity index (χ0) is 11.8. The molecule has 94 valence electrons. The second-order valence-corrected chi connectivity index (χ2v) is 4.05. The molecule has 16 heavy (non-hydrogen) atoms. The average Bonchev–Trinajstić information content (AvgIpc) is 2.30. The minimum atomic E-state index is -0.646. The van der Waals surface area contributed by atoms with Crippen LogP contribution in [0, 0.1) is 0 Å². The molecular formula is C12H22O4. The van der Waals surface area contributed by atoms with E-state index in [2.05, 4.69) is 6.08 Å². The van der Waals surface area contributed by atoms with Crippen molar-refractivity contribution in [3.8, 4) is 0 Å². The molecule has 0 spiro atoms. The minimum absolute atomic E-state index is 0.265. The molecular weight excluding hydrogens is 208 g/mol. The Morgan fingerprint density at radius 3 is 2.56 bits per heavy atom. The maximum Gasteiger partial charge on any atom is 0.149 e. The number of hydrogen-bond acceptors (Lipinski definition) is 4. The van der Waals surface area contributed by atoms with Crippen molar-refractivity contribution in [2.45, 2.75) is 37.9 Å². The first-order chi connectivity index (χ1) is 7.77. The topological polar surface area (TPSA) is 47.9 Å². The van der Waals surface area contributed by atoms with Gasteiger partial charge >= 0.3 is 0 Å². The van der Waals surface area contributed by atoms with Gasteiger partial charge in [-0.3, -0.25) is 0 Å². The van der Waals surface area contributed by atoms with Gasteiger partial charge in [0.05, 0.1) is 19.0 Å². The number of aliphatic hydroxyl groups excluding tert-OH is 1. The van der Waals surface area contributed by atoms with E-state index in [1.807, 2.05) is 0 Å². The van der Waals surface area contributed by atoms with E-state index in [9.17, 15) is 5.11 Å². The zero-order valence-corrected chi connectivity index (χ0v) is 10.1. The summed E-state index contributed by atoms with van der Waals surface area (Å²) in [7, 11) is 3.16. The molecule has 0 amide bonds. The van der Waals surface area contributed by atoms with Gasteiger partial charge in [0, 0.05) is 20.6 Å². The van der Waals surface area contributed by atoms with E-state index in [0.717, 1.165) is 25.0 Å². The molecule has 1 rings (SSSR count). The lowest BCUT2D eigenvalue weighted by Crippen LogP contribution is -2.36. The van der Waals surface area contributed by atoms with Gasteiger partial charge in [0.25, 0.3) is 0 Å². The van der Waals surface area contributed by atoms with Crippen LogP contribution >= 0.6 is 0 Å². The Bertz CT molecular complexity index is 215. The van der Waals surface area contributed by atoms with Gasteiger partial charge in [-0.25, -0.2) is 0 Å². The predicted molar refractivity (Wildman–Crippen MR) is 61.2 cm³/mol. The Morgan fingerprint density at radius 2 is 2.00 bits per heavy atom. The Kier molecular flexibility index (Phi) is 6.45. The van der Waals surface area contributed by atoms with Gasteiger partial charge in [0.2, 0.25) is 0 Å². The van der Waals surface area contributed by atoms with Crippen LogP contribution in [0.2, 0.25) is 0 Å². The SMILES string of the molecule is COC[C@@H](O)[C@@H](COC)OC1=CCCCC1. The number of rotatable bonds is 7. The highest BCUT2D eigenvalue weighted by molar-refractivity contribution is 4.98. The second-order valence-electron chi connectivity index (χ2n) is 4.05. The molecule has 0 bridgehead atoms. The van der Waals surface area contributed by atoms with Gasteiger partial charge in [0.15, 0.2) is 0 Å². The summed E-state index contributed by atoms with van der Waals surface area (Å²) >= 11 is 0. The first-order valence-electron chi connectivity index (χ1n) is 5.79. The summed E-state index contributed by atoms with van der Waals surface area (Å²) in [5, 5.41) is 9.81. The van der Waals surface area contributed by atoms with Crippen LogP contribution in [-0.4, -0.2) is 44.7 Å². The highest BCUT2D eigenvalue weighted by Crippen LogP contribution is 2.20. The number of ether oxygens (including phenoxy) is 3. The predicted octanol–water partition coefficient (Wildman–Crippen LogP) is 1.48. The van der Waals surface area contributed by atoms with Gasteiger partial charge in [-0.1, -0.05) is 0 Å². The van der Waals surface area contributed by atoms with Crippen LogP contribution in [-0.2, 0) is 14.2 Å². The largest absolute Gasteiger partial charge is 0.490 e. The molecule has 0 heterocycles. The van der Waals surface area contributed by atoms with Gasteiger partial charge in [-0.15, -0.1) is 0 Å². The van der Waals surface area contributed by atoms with E-state index >= 15 is 0 Å². The highest BCUT2D eigenvalue weighted by atomic mass is 16.5. The minimum Gasteiger partial charge on any atom is -0.490 e. The normalized spacial score (nSPS) is 20.1. The standard InChI is InChI=1S/C12H22O4/c1-14-8-11(13)12(9-15-2)16-10-6-4-3-5-7-10/h6,11-13H,3-5,7-9H2,1-2H3/t11-,12-/m1/s1. The molecule has 1 aliphatic rings. The number of allylic oxidation sites excluding steroid dienone is 2. The molecule has 0 radical (unpaired) electrons. The van der Waals surface area contributed by atoms with Crippen LogP contribution in [0.4, 0.5) is 0 Å². The second kappa shape index (κ2) is 7.65. The molecule has 4 nitrogen and oxygen atoms in total. The lowest BCUT2D eigenvalue weighted by molar-refractivity contribution is -0.0719. The summed E-state index contributed by atoms with van der Waals surface area (Å²) in [5.41, 5.74) is 0. The Balaban J connectivity index is 2.45. The van der Waals surface area contributed by atoms with Crippen molar-refractivity contribution in [3.63, 3.8) is 0 Å². The van der Waals surface area contributed by atoms with E-state index < -0.39 is 6.10 Å². The van der Waals surface area contributed by atoms with Crippen molar-refractivity contribution in [3.05, 3.63) is 11.8 Å². The summed E-state index contributed by atoms with van der Waals surface area (Å²) in [6.07, 6.45) is 5.53. The summed E-state index contributed by atoms with van der Waals surface area (Å²) in [4.78, 5) is 0. The lowest BCUT2D eigenvalue weighted by Gasteiger charge is -2.25. The summed E-state index contributed by atoms with van der Waals surface area (Å²) in [5.74, 6) is 0.975. The van der Waals surface area contributed by atoms with Crippen molar-refractivity contribution in [1.82, 2.24) is 0 Å². The van der Waals surface area contributed by atoms with E-state index in [4.69, 9.17) is 14.2 Å². The van der Waals surface area contributed by atoms with Gasteiger partial charge < -0.3 is 19.3 Å². The monoisotopic (exact) mass is 230 g/mol. The first kappa shape index (κ1) is 13.5. The third kappa shape index (κ3) is 4.51. The Morgan fingerprint density at radius 1 is 1.25 bits per heavy atom. The van der Waals surface area contributed by atoms with Crippen molar-refractivity contribution < 1.29 is 19.3 Å². The fraction of sp³-hybridized carbons (Fsp3) is 0.833.